The number of phenols is 1. The van der Waals surface area contributed by atoms with Crippen LogP contribution in [-0.4, -0.2) is 15.9 Å². The topological polar surface area (TPSA) is 40.5 Å². The van der Waals surface area contributed by atoms with Gasteiger partial charge in [-0.2, -0.15) is 0 Å². The molecular formula is C17H13Cl2NO2S. The van der Waals surface area contributed by atoms with Crippen molar-refractivity contribution in [2.24, 2.45) is 0 Å². The third-order valence-corrected chi connectivity index (χ3v) is 4.96. The number of aromatic hydroxyl groups is 1. The molecule has 0 aromatic heterocycles. The number of benzene rings is 1. The van der Waals surface area contributed by atoms with E-state index in [0.717, 1.165) is 17.7 Å². The second kappa shape index (κ2) is 6.87. The van der Waals surface area contributed by atoms with Crippen LogP contribution in [0.1, 0.15) is 23.2 Å². The Morgan fingerprint density at radius 3 is 2.65 bits per heavy atom. The average molecular weight is 366 g/mol. The summed E-state index contributed by atoms with van der Waals surface area (Å²) >= 11 is 13.4. The Bertz CT molecular complexity index is 758. The van der Waals surface area contributed by atoms with Gasteiger partial charge in [0, 0.05) is 22.9 Å². The maximum Gasteiger partial charge on any atom is 0.262 e. The number of thioether (sulfide) groups is 1. The summed E-state index contributed by atoms with van der Waals surface area (Å²) in [5.41, 5.74) is 1.53. The van der Waals surface area contributed by atoms with Crippen molar-refractivity contribution in [2.75, 3.05) is 0 Å². The highest BCUT2D eigenvalue weighted by Gasteiger charge is 2.19. The standard InChI is InChI=1S/C17H13Cl2NO2S/c18-13-8-12(9-14(19)16(13)21)17(22)20-6-7-23-15(10-20)11-4-2-1-3-5-11/h1-2,4,6-10,21H,3,5H2. The highest BCUT2D eigenvalue weighted by molar-refractivity contribution is 8.06. The molecule has 0 saturated carbocycles. The number of rotatable bonds is 2. The number of carbonyl (C=O) groups is 1. The van der Waals surface area contributed by atoms with E-state index in [1.54, 1.807) is 18.0 Å². The van der Waals surface area contributed by atoms with Gasteiger partial charge in [-0.05, 0) is 36.0 Å². The molecule has 2 aliphatic rings. The van der Waals surface area contributed by atoms with Crippen molar-refractivity contribution in [1.82, 2.24) is 4.90 Å². The van der Waals surface area contributed by atoms with E-state index in [1.807, 2.05) is 17.7 Å². The zero-order valence-corrected chi connectivity index (χ0v) is 14.3. The van der Waals surface area contributed by atoms with Gasteiger partial charge in [0.15, 0.2) is 5.75 Å². The second-order valence-electron chi connectivity index (χ2n) is 5.06. The molecule has 1 N–H and O–H groups in total. The molecule has 0 radical (unpaired) electrons. The number of halogens is 2. The fourth-order valence-corrected chi connectivity index (χ4v) is 3.62. The SMILES string of the molecule is O=C(c1cc(Cl)c(O)c(Cl)c1)N1C=CSC(C2=CC=CCC2)=C1. The van der Waals surface area contributed by atoms with Gasteiger partial charge < -0.3 is 5.11 Å². The molecule has 1 heterocycles. The third-order valence-electron chi connectivity index (χ3n) is 3.50. The summed E-state index contributed by atoms with van der Waals surface area (Å²) in [7, 11) is 0. The number of nitrogens with zero attached hydrogens (tertiary/aromatic N) is 1. The fourth-order valence-electron chi connectivity index (χ4n) is 2.30. The van der Waals surface area contributed by atoms with Gasteiger partial charge in [0.25, 0.3) is 5.91 Å². The summed E-state index contributed by atoms with van der Waals surface area (Å²) < 4.78 is 0. The molecule has 0 unspecified atom stereocenters. The minimum absolute atomic E-state index is 0.0561. The van der Waals surface area contributed by atoms with Gasteiger partial charge in [0.05, 0.1) is 10.0 Å². The lowest BCUT2D eigenvalue weighted by Crippen LogP contribution is -2.22. The zero-order chi connectivity index (χ0) is 16.4. The molecule has 0 bridgehead atoms. The molecule has 1 amide bonds. The van der Waals surface area contributed by atoms with Crippen LogP contribution in [0.3, 0.4) is 0 Å². The molecule has 0 atom stereocenters. The predicted octanol–water partition coefficient (Wildman–Crippen LogP) is 5.48. The Balaban J connectivity index is 1.88. The van der Waals surface area contributed by atoms with Gasteiger partial charge in [0.2, 0.25) is 0 Å². The number of carbonyl (C=O) groups excluding carboxylic acids is 1. The zero-order valence-electron chi connectivity index (χ0n) is 12.0. The van der Waals surface area contributed by atoms with Crippen LogP contribution in [0.4, 0.5) is 0 Å². The van der Waals surface area contributed by atoms with Crippen LogP contribution < -0.4 is 0 Å². The highest BCUT2D eigenvalue weighted by Crippen LogP contribution is 2.35. The van der Waals surface area contributed by atoms with Crippen LogP contribution in [-0.2, 0) is 0 Å². The number of phenolic OH excluding ortho intramolecular Hbond substituents is 1. The maximum absolute atomic E-state index is 12.6. The Morgan fingerprint density at radius 1 is 1.26 bits per heavy atom. The van der Waals surface area contributed by atoms with Gasteiger partial charge in [-0.1, -0.05) is 53.2 Å². The van der Waals surface area contributed by atoms with Crippen LogP contribution >= 0.6 is 35.0 Å². The lowest BCUT2D eigenvalue weighted by atomic mass is 10.0. The second-order valence-corrected chi connectivity index (χ2v) is 6.82. The molecule has 0 fully saturated rings. The first-order valence-electron chi connectivity index (χ1n) is 6.98. The van der Waals surface area contributed by atoms with Crippen LogP contribution in [0.15, 0.2) is 58.6 Å². The van der Waals surface area contributed by atoms with Crippen molar-refractivity contribution < 1.29 is 9.90 Å². The lowest BCUT2D eigenvalue weighted by Gasteiger charge is -2.21. The molecule has 1 aromatic carbocycles. The summed E-state index contributed by atoms with van der Waals surface area (Å²) in [5, 5.41) is 11.6. The molecule has 1 aliphatic heterocycles. The highest BCUT2D eigenvalue weighted by atomic mass is 35.5. The number of hydrogen-bond donors (Lipinski definition) is 1. The fraction of sp³-hybridized carbons (Fsp3) is 0.118. The average Bonchev–Trinajstić information content (AvgIpc) is 2.59. The Labute approximate surface area is 148 Å². The minimum atomic E-state index is -0.255. The molecule has 118 valence electrons. The smallest absolute Gasteiger partial charge is 0.262 e. The lowest BCUT2D eigenvalue weighted by molar-refractivity contribution is 0.0869. The van der Waals surface area contributed by atoms with E-state index < -0.39 is 0 Å². The van der Waals surface area contributed by atoms with E-state index in [-0.39, 0.29) is 21.7 Å². The third kappa shape index (κ3) is 3.50. The van der Waals surface area contributed by atoms with Gasteiger partial charge in [0.1, 0.15) is 0 Å². The quantitative estimate of drug-likeness (QED) is 0.754. The van der Waals surface area contributed by atoms with Gasteiger partial charge in [-0.15, -0.1) is 0 Å². The molecule has 1 aromatic rings. The molecule has 23 heavy (non-hydrogen) atoms. The maximum atomic E-state index is 12.6. The summed E-state index contributed by atoms with van der Waals surface area (Å²) in [6.07, 6.45) is 11.7. The summed E-state index contributed by atoms with van der Waals surface area (Å²) in [6.45, 7) is 0. The predicted molar refractivity (Wildman–Crippen MR) is 95.6 cm³/mol. The molecule has 3 rings (SSSR count). The van der Waals surface area contributed by atoms with Gasteiger partial charge in [-0.3, -0.25) is 9.69 Å². The Hall–Kier alpha value is -1.62. The number of hydrogen-bond acceptors (Lipinski definition) is 3. The molecule has 0 saturated heterocycles. The Kier molecular flexibility index (Phi) is 4.85. The normalized spacial score (nSPS) is 17.0. The first-order chi connectivity index (χ1) is 11.1. The Morgan fingerprint density at radius 2 is 2.00 bits per heavy atom. The van der Waals surface area contributed by atoms with E-state index in [2.05, 4.69) is 12.2 Å². The van der Waals surface area contributed by atoms with Gasteiger partial charge >= 0.3 is 0 Å². The largest absolute Gasteiger partial charge is 0.505 e. The van der Waals surface area contributed by atoms with E-state index in [4.69, 9.17) is 23.2 Å². The van der Waals surface area contributed by atoms with Crippen LogP contribution in [0.2, 0.25) is 10.0 Å². The van der Waals surface area contributed by atoms with Gasteiger partial charge in [-0.25, -0.2) is 0 Å². The summed E-state index contributed by atoms with van der Waals surface area (Å²) in [6, 6.07) is 2.83. The molecule has 6 heteroatoms. The first-order valence-corrected chi connectivity index (χ1v) is 8.61. The van der Waals surface area contributed by atoms with Crippen molar-refractivity contribution in [3.05, 3.63) is 74.3 Å². The summed E-state index contributed by atoms with van der Waals surface area (Å²) in [4.78, 5) is 15.2. The van der Waals surface area contributed by atoms with Crippen molar-refractivity contribution in [2.45, 2.75) is 12.8 Å². The number of amides is 1. The van der Waals surface area contributed by atoms with Crippen molar-refractivity contribution in [1.29, 1.82) is 0 Å². The molecule has 0 spiro atoms. The van der Waals surface area contributed by atoms with Crippen molar-refractivity contribution in [3.8, 4) is 5.75 Å². The molecule has 1 aliphatic carbocycles. The summed E-state index contributed by atoms with van der Waals surface area (Å²) in [5.74, 6) is -0.472. The van der Waals surface area contributed by atoms with E-state index in [1.165, 1.54) is 22.6 Å². The molecular weight excluding hydrogens is 353 g/mol. The van der Waals surface area contributed by atoms with E-state index in [9.17, 15) is 9.90 Å². The van der Waals surface area contributed by atoms with Crippen LogP contribution in [0, 0.1) is 0 Å². The molecule has 3 nitrogen and oxygen atoms in total. The van der Waals surface area contributed by atoms with Crippen molar-refractivity contribution in [3.63, 3.8) is 0 Å². The van der Waals surface area contributed by atoms with E-state index >= 15 is 0 Å². The van der Waals surface area contributed by atoms with Crippen LogP contribution in [0.5, 0.6) is 5.75 Å². The minimum Gasteiger partial charge on any atom is -0.505 e. The monoisotopic (exact) mass is 365 g/mol. The first kappa shape index (κ1) is 16.2. The van der Waals surface area contributed by atoms with Crippen molar-refractivity contribution >= 4 is 40.9 Å². The van der Waals surface area contributed by atoms with Crippen LogP contribution in [0.25, 0.3) is 0 Å². The number of allylic oxidation sites excluding steroid dienone is 4. The van der Waals surface area contributed by atoms with E-state index in [0.29, 0.717) is 5.56 Å².